The molecule has 3 aliphatic heterocycles. The van der Waals surface area contributed by atoms with Gasteiger partial charge in [0.2, 0.25) is 11.8 Å². The lowest BCUT2D eigenvalue weighted by molar-refractivity contribution is -0.137. The van der Waals surface area contributed by atoms with Crippen molar-refractivity contribution in [2.45, 2.75) is 116 Å². The summed E-state index contributed by atoms with van der Waals surface area (Å²) in [5, 5.41) is 7.56. The summed E-state index contributed by atoms with van der Waals surface area (Å²) in [6.45, 7) is 11.2. The van der Waals surface area contributed by atoms with Crippen LogP contribution in [0, 0.1) is 17.8 Å². The van der Waals surface area contributed by atoms with Crippen LogP contribution in [-0.2, 0) is 30.4 Å². The largest absolute Gasteiger partial charge is 0.488 e. The van der Waals surface area contributed by atoms with E-state index in [2.05, 4.69) is 57.0 Å². The Bertz CT molecular complexity index is 2670. The first-order valence-electron chi connectivity index (χ1n) is 23.4. The summed E-state index contributed by atoms with van der Waals surface area (Å²) in [5.74, 6) is 2.14. The van der Waals surface area contributed by atoms with E-state index >= 15 is 0 Å². The van der Waals surface area contributed by atoms with E-state index in [0.717, 1.165) is 92.7 Å². The van der Waals surface area contributed by atoms with Gasteiger partial charge in [-0.05, 0) is 91.6 Å². The van der Waals surface area contributed by atoms with Crippen LogP contribution in [0.2, 0.25) is 0 Å². The van der Waals surface area contributed by atoms with E-state index in [1.807, 2.05) is 50.5 Å². The van der Waals surface area contributed by atoms with Crippen molar-refractivity contribution >= 4 is 45.8 Å². The topological polar surface area (TPSA) is 193 Å². The van der Waals surface area contributed by atoms with Crippen LogP contribution in [0.4, 0.5) is 9.59 Å². The molecule has 66 heavy (non-hydrogen) atoms. The number of benzene rings is 3. The van der Waals surface area contributed by atoms with Crippen molar-refractivity contribution in [1.29, 1.82) is 0 Å². The molecule has 4 N–H and O–H groups in total. The number of ether oxygens (including phenoxy) is 4. The lowest BCUT2D eigenvalue weighted by atomic mass is 9.92. The maximum Gasteiger partial charge on any atom is 0.407 e. The summed E-state index contributed by atoms with van der Waals surface area (Å²) in [4.78, 5) is 74.3. The number of aromatic amines is 2. The third-order valence-electron chi connectivity index (χ3n) is 14.3. The highest BCUT2D eigenvalue weighted by atomic mass is 16.5. The second-order valence-electron chi connectivity index (χ2n) is 19.1. The Morgan fingerprint density at radius 1 is 0.848 bits per heavy atom. The van der Waals surface area contributed by atoms with Crippen molar-refractivity contribution in [3.63, 3.8) is 0 Å². The minimum atomic E-state index is -0.738. The summed E-state index contributed by atoms with van der Waals surface area (Å²) in [5.41, 5.74) is 7.83. The van der Waals surface area contributed by atoms with Crippen molar-refractivity contribution in [2.75, 3.05) is 34.5 Å². The SMILES string of the molecule is CC[C@H](C)[C@H](NC(=O)OC)C(=O)N1C[C@@H](COC)C[C@H]1c1nc(C2CC2)c(-c2ccc3c(c2)COc2cc4c(ccc5nc([C@@H]6CC[C@H](C)N6C(=O)[C@@H](NC(=O)OC)C(C)C)[nH]c54)cc2-3)[nH]1. The summed E-state index contributed by atoms with van der Waals surface area (Å²) in [6.07, 6.45) is 3.80. The van der Waals surface area contributed by atoms with Crippen molar-refractivity contribution in [2.24, 2.45) is 17.8 Å². The van der Waals surface area contributed by atoms with Crippen molar-refractivity contribution in [3.8, 4) is 28.1 Å². The van der Waals surface area contributed by atoms with E-state index in [1.165, 1.54) is 14.2 Å². The first kappa shape index (κ1) is 45.0. The van der Waals surface area contributed by atoms with Gasteiger partial charge in [0.1, 0.15) is 36.1 Å². The number of H-pyrrole nitrogens is 2. The summed E-state index contributed by atoms with van der Waals surface area (Å²) in [6, 6.07) is 12.8. The molecule has 2 saturated heterocycles. The number of amides is 4. The highest BCUT2D eigenvalue weighted by Gasteiger charge is 2.44. The monoisotopic (exact) mass is 902 g/mol. The van der Waals surface area contributed by atoms with Crippen LogP contribution in [0.15, 0.2) is 42.5 Å². The molecule has 3 fully saturated rings. The maximum atomic E-state index is 14.3. The zero-order valence-corrected chi connectivity index (χ0v) is 39.2. The molecule has 16 heteroatoms. The van der Waals surface area contributed by atoms with E-state index in [-0.39, 0.29) is 47.7 Å². The number of fused-ring (bicyclic) bond motifs is 6. The molecule has 0 radical (unpaired) electrons. The van der Waals surface area contributed by atoms with Gasteiger partial charge in [-0.1, -0.05) is 52.3 Å². The van der Waals surface area contributed by atoms with Gasteiger partial charge in [0.05, 0.1) is 55.3 Å². The van der Waals surface area contributed by atoms with Crippen LogP contribution in [0.3, 0.4) is 0 Å². The normalized spacial score (nSPS) is 21.6. The molecule has 2 aromatic heterocycles. The molecule has 5 heterocycles. The van der Waals surface area contributed by atoms with Gasteiger partial charge in [-0.25, -0.2) is 19.6 Å². The van der Waals surface area contributed by atoms with Crippen LogP contribution in [0.25, 0.3) is 44.2 Å². The molecule has 350 valence electrons. The Labute approximate surface area is 384 Å². The average Bonchev–Trinajstić information content (AvgIpc) is 3.60. The second kappa shape index (κ2) is 18.3. The molecule has 1 saturated carbocycles. The second-order valence-corrected chi connectivity index (χ2v) is 19.1. The molecule has 4 aliphatic rings. The minimum Gasteiger partial charge on any atom is -0.488 e. The lowest BCUT2D eigenvalue weighted by Crippen LogP contribution is -2.52. The maximum absolute atomic E-state index is 14.3. The summed E-state index contributed by atoms with van der Waals surface area (Å²) >= 11 is 0. The standard InChI is InChI=1S/C50H62N8O8/c1-9-26(4)41(56-50(62)65-8)47(59)57-22-28(23-63-6)18-38(57)46-52-42(29-11-12-29)43(53-46)31-13-15-33-32(19-31)24-66-39-21-34-30(20-35(33)39)14-16-36-44(34)54-45(51-36)37-17-10-27(5)58(37)48(60)40(25(2)3)55-49(61)64-7/h13-16,19-21,25-29,37-38,40-41H,9-12,17-18,22-24H2,1-8H3,(H,51,54)(H,52,53)(H,55,61)(H,56,62)/t26-,27-,28-,37-,38-,40-,41-/m0/s1. The lowest BCUT2D eigenvalue weighted by Gasteiger charge is -2.32. The quantitative estimate of drug-likeness (QED) is 0.0894. The van der Waals surface area contributed by atoms with Gasteiger partial charge in [0, 0.05) is 48.0 Å². The molecule has 7 atom stereocenters. The molecule has 16 nitrogen and oxygen atoms in total. The van der Waals surface area contributed by atoms with Crippen LogP contribution < -0.4 is 15.4 Å². The number of alkyl carbamates (subject to hydrolysis) is 2. The number of carbonyl (C=O) groups excluding carboxylic acids is 4. The fourth-order valence-electron chi connectivity index (χ4n) is 10.4. The Morgan fingerprint density at radius 3 is 2.29 bits per heavy atom. The predicted octanol–water partition coefficient (Wildman–Crippen LogP) is 8.28. The molecule has 0 spiro atoms. The first-order valence-corrected chi connectivity index (χ1v) is 23.4. The zero-order valence-electron chi connectivity index (χ0n) is 39.2. The van der Waals surface area contributed by atoms with Gasteiger partial charge >= 0.3 is 12.2 Å². The van der Waals surface area contributed by atoms with E-state index in [9.17, 15) is 19.2 Å². The number of carbonyl (C=O) groups is 4. The van der Waals surface area contributed by atoms with Crippen LogP contribution >= 0.6 is 0 Å². The number of hydrogen-bond donors (Lipinski definition) is 4. The summed E-state index contributed by atoms with van der Waals surface area (Å²) in [7, 11) is 4.29. The Morgan fingerprint density at radius 2 is 1.59 bits per heavy atom. The Balaban J connectivity index is 1.01. The molecule has 9 rings (SSSR count). The van der Waals surface area contributed by atoms with Gasteiger partial charge in [-0.2, -0.15) is 0 Å². The van der Waals surface area contributed by atoms with E-state index in [1.54, 1.807) is 7.11 Å². The van der Waals surface area contributed by atoms with Gasteiger partial charge in [-0.15, -0.1) is 0 Å². The van der Waals surface area contributed by atoms with Crippen LogP contribution in [0.1, 0.15) is 114 Å². The van der Waals surface area contributed by atoms with Gasteiger partial charge in [0.15, 0.2) is 0 Å². The number of aromatic nitrogens is 4. The number of hydrogen-bond acceptors (Lipinski definition) is 10. The number of nitrogens with one attached hydrogen (secondary N) is 4. The molecule has 1 aliphatic carbocycles. The zero-order chi connectivity index (χ0) is 46.6. The number of rotatable bonds is 13. The molecule has 3 aromatic carbocycles. The number of likely N-dealkylation sites (tertiary alicyclic amines) is 2. The third-order valence-corrected chi connectivity index (χ3v) is 14.3. The Kier molecular flexibility index (Phi) is 12.5. The smallest absolute Gasteiger partial charge is 0.407 e. The third kappa shape index (κ3) is 8.32. The predicted molar refractivity (Wildman–Crippen MR) is 249 cm³/mol. The fraction of sp³-hybridized carbons (Fsp3) is 0.520. The van der Waals surface area contributed by atoms with E-state index in [0.29, 0.717) is 44.3 Å². The molecule has 0 bridgehead atoms. The molecule has 4 amide bonds. The van der Waals surface area contributed by atoms with Gasteiger partial charge in [-0.3, -0.25) is 9.59 Å². The van der Waals surface area contributed by atoms with Gasteiger partial charge in [0.25, 0.3) is 0 Å². The molecular weight excluding hydrogens is 841 g/mol. The number of nitrogens with zero attached hydrogens (tertiary/aromatic N) is 4. The number of methoxy groups -OCH3 is 3. The highest BCUT2D eigenvalue weighted by molar-refractivity contribution is 6.07. The highest BCUT2D eigenvalue weighted by Crippen LogP contribution is 2.48. The molecule has 0 unspecified atom stereocenters. The molecular formula is C50H62N8O8. The van der Waals surface area contributed by atoms with Crippen molar-refractivity contribution in [1.82, 2.24) is 40.4 Å². The van der Waals surface area contributed by atoms with E-state index in [4.69, 9.17) is 28.9 Å². The first-order chi connectivity index (χ1) is 31.8. The van der Waals surface area contributed by atoms with Crippen molar-refractivity contribution < 1.29 is 38.1 Å². The van der Waals surface area contributed by atoms with Gasteiger partial charge < -0.3 is 49.3 Å². The summed E-state index contributed by atoms with van der Waals surface area (Å²) < 4.78 is 21.9. The fourth-order valence-corrected chi connectivity index (χ4v) is 10.4. The Hall–Kier alpha value is -6.16. The number of imidazole rings is 2. The van der Waals surface area contributed by atoms with E-state index < -0.39 is 24.3 Å². The van der Waals surface area contributed by atoms with Crippen LogP contribution in [-0.4, -0.2) is 106 Å². The van der Waals surface area contributed by atoms with Crippen molar-refractivity contribution in [3.05, 3.63) is 65.4 Å². The van der Waals surface area contributed by atoms with Crippen LogP contribution in [0.5, 0.6) is 5.75 Å². The average molecular weight is 903 g/mol. The minimum absolute atomic E-state index is 0.0300. The molecule has 5 aromatic rings.